The van der Waals surface area contributed by atoms with Crippen molar-refractivity contribution in [3.05, 3.63) is 41.3 Å². The molecule has 0 heterocycles. The van der Waals surface area contributed by atoms with Gasteiger partial charge in [0.2, 0.25) is 0 Å². The van der Waals surface area contributed by atoms with Crippen molar-refractivity contribution in [3.63, 3.8) is 0 Å². The van der Waals surface area contributed by atoms with Crippen LogP contribution in [0.1, 0.15) is 28.8 Å². The monoisotopic (exact) mass is 249 g/mol. The van der Waals surface area contributed by atoms with Crippen molar-refractivity contribution in [2.45, 2.75) is 25.4 Å². The number of rotatable bonds is 4. The summed E-state index contributed by atoms with van der Waals surface area (Å²) < 4.78 is 0. The fourth-order valence-corrected chi connectivity index (χ4v) is 2.20. The standard InChI is InChI=1S/C12H15ClOP.Li.H/c1-3-5-10(15)12(14)11-8(2)6-4-7-9(11)13;;/h4,6-7,10H,1,3,5,15H2,2H3;;. The van der Waals surface area contributed by atoms with Gasteiger partial charge in [0.15, 0.2) is 5.78 Å². The molecule has 0 spiro atoms. The number of Topliss-reactive ketones (excluding diaryl/α,β-unsaturated/α-hetero) is 1. The molecule has 0 aliphatic rings. The van der Waals surface area contributed by atoms with Gasteiger partial charge in [-0.05, 0) is 25.0 Å². The summed E-state index contributed by atoms with van der Waals surface area (Å²) in [4.78, 5) is 12.0. The van der Waals surface area contributed by atoms with Crippen LogP contribution in [0.15, 0.2) is 18.2 Å². The molecule has 0 aliphatic heterocycles. The maximum atomic E-state index is 12.0. The average Bonchev–Trinajstić information content (AvgIpc) is 2.17. The van der Waals surface area contributed by atoms with E-state index in [2.05, 4.69) is 16.2 Å². The molecular formula is C12H16ClLiOP. The average molecular weight is 250 g/mol. The van der Waals surface area contributed by atoms with Crippen molar-refractivity contribution in [1.29, 1.82) is 0 Å². The first kappa shape index (κ1) is 16.2. The second-order valence-electron chi connectivity index (χ2n) is 3.54. The van der Waals surface area contributed by atoms with Gasteiger partial charge < -0.3 is 0 Å². The normalized spacial score (nSPS) is 11.8. The van der Waals surface area contributed by atoms with Crippen LogP contribution in [-0.2, 0) is 0 Å². The molecule has 2 atom stereocenters. The summed E-state index contributed by atoms with van der Waals surface area (Å²) in [6.45, 7) is 5.65. The van der Waals surface area contributed by atoms with E-state index in [1.807, 2.05) is 19.1 Å². The van der Waals surface area contributed by atoms with Gasteiger partial charge in [-0.25, -0.2) is 0 Å². The SMILES string of the molecule is [CH2]CCC(P)C(=O)c1c(C)cccc1Cl.[LiH]. The fourth-order valence-electron chi connectivity index (χ4n) is 1.48. The van der Waals surface area contributed by atoms with Gasteiger partial charge in [0, 0.05) is 11.2 Å². The zero-order valence-corrected chi connectivity index (χ0v) is 10.7. The first-order valence-electron chi connectivity index (χ1n) is 4.92. The van der Waals surface area contributed by atoms with E-state index in [0.29, 0.717) is 10.6 Å². The van der Waals surface area contributed by atoms with Crippen LogP contribution in [0.25, 0.3) is 0 Å². The second-order valence-corrected chi connectivity index (χ2v) is 4.76. The number of hydrogen-bond acceptors (Lipinski definition) is 1. The van der Waals surface area contributed by atoms with Crippen molar-refractivity contribution < 1.29 is 4.79 Å². The predicted molar refractivity (Wildman–Crippen MR) is 75.8 cm³/mol. The molecule has 4 heteroatoms. The van der Waals surface area contributed by atoms with Gasteiger partial charge in [-0.15, -0.1) is 9.24 Å². The Balaban J connectivity index is 0.00000225. The summed E-state index contributed by atoms with van der Waals surface area (Å²) in [6, 6.07) is 5.51. The zero-order chi connectivity index (χ0) is 11.4. The van der Waals surface area contributed by atoms with Crippen LogP contribution in [0.4, 0.5) is 0 Å². The van der Waals surface area contributed by atoms with E-state index in [0.717, 1.165) is 18.4 Å². The number of aryl methyl sites for hydroxylation is 1. The van der Waals surface area contributed by atoms with Gasteiger partial charge in [-0.2, -0.15) is 0 Å². The number of benzene rings is 1. The number of hydrogen-bond donors (Lipinski definition) is 0. The van der Waals surface area contributed by atoms with Crippen LogP contribution in [0, 0.1) is 13.8 Å². The Labute approximate surface area is 117 Å². The van der Waals surface area contributed by atoms with Crippen molar-refractivity contribution in [2.75, 3.05) is 0 Å². The molecule has 1 radical (unpaired) electrons. The van der Waals surface area contributed by atoms with E-state index < -0.39 is 0 Å². The molecule has 0 amide bonds. The molecule has 1 aromatic carbocycles. The summed E-state index contributed by atoms with van der Waals surface area (Å²) in [5, 5.41) is 0.538. The Kier molecular flexibility index (Phi) is 7.61. The number of carbonyl (C=O) groups excluding carboxylic acids is 1. The van der Waals surface area contributed by atoms with Crippen molar-refractivity contribution in [1.82, 2.24) is 0 Å². The Morgan fingerprint density at radius 1 is 1.56 bits per heavy atom. The summed E-state index contributed by atoms with van der Waals surface area (Å²) in [5.74, 6) is 0.0896. The Hall–Kier alpha value is 0.207. The molecule has 0 aromatic heterocycles. The second kappa shape index (κ2) is 7.52. The van der Waals surface area contributed by atoms with Crippen LogP contribution < -0.4 is 0 Å². The van der Waals surface area contributed by atoms with Crippen LogP contribution in [0.5, 0.6) is 0 Å². The first-order valence-corrected chi connectivity index (χ1v) is 5.96. The molecule has 1 nitrogen and oxygen atoms in total. The molecule has 0 fully saturated rings. The van der Waals surface area contributed by atoms with E-state index in [4.69, 9.17) is 11.6 Å². The van der Waals surface area contributed by atoms with Gasteiger partial charge in [0.1, 0.15) is 0 Å². The van der Waals surface area contributed by atoms with Crippen molar-refractivity contribution >= 4 is 45.5 Å². The molecule has 2 unspecified atom stereocenters. The van der Waals surface area contributed by atoms with Crippen LogP contribution in [0.2, 0.25) is 5.02 Å². The fraction of sp³-hybridized carbons (Fsp3) is 0.333. The molecule has 1 rings (SSSR count). The van der Waals surface area contributed by atoms with E-state index in [1.54, 1.807) is 6.07 Å². The summed E-state index contributed by atoms with van der Waals surface area (Å²) >= 11 is 6.02. The Morgan fingerprint density at radius 2 is 2.19 bits per heavy atom. The summed E-state index contributed by atoms with van der Waals surface area (Å²) in [5.41, 5.74) is 1.50. The molecule has 83 valence electrons. The van der Waals surface area contributed by atoms with E-state index in [1.165, 1.54) is 0 Å². The third kappa shape index (κ3) is 3.90. The van der Waals surface area contributed by atoms with Crippen molar-refractivity contribution in [3.8, 4) is 0 Å². The molecule has 0 N–H and O–H groups in total. The van der Waals surface area contributed by atoms with Crippen LogP contribution in [0.3, 0.4) is 0 Å². The molecule has 0 saturated heterocycles. The van der Waals surface area contributed by atoms with E-state index in [9.17, 15) is 4.79 Å². The Bertz CT molecular complexity index is 348. The number of carbonyl (C=O) groups is 1. The zero-order valence-electron chi connectivity index (χ0n) is 8.79. The minimum absolute atomic E-state index is 0. The molecular weight excluding hydrogens is 233 g/mol. The summed E-state index contributed by atoms with van der Waals surface area (Å²) in [6.07, 6.45) is 1.53. The predicted octanol–water partition coefficient (Wildman–Crippen LogP) is 3.04. The van der Waals surface area contributed by atoms with Crippen LogP contribution >= 0.6 is 20.8 Å². The topological polar surface area (TPSA) is 17.1 Å². The van der Waals surface area contributed by atoms with E-state index in [-0.39, 0.29) is 30.3 Å². The number of ketones is 1. The summed E-state index contributed by atoms with van der Waals surface area (Å²) in [7, 11) is 2.56. The van der Waals surface area contributed by atoms with Gasteiger partial charge >= 0.3 is 18.9 Å². The quantitative estimate of drug-likeness (QED) is 0.455. The molecule has 0 aliphatic carbocycles. The molecule has 16 heavy (non-hydrogen) atoms. The minimum atomic E-state index is -0.0823. The van der Waals surface area contributed by atoms with Gasteiger partial charge in [0.05, 0.1) is 5.02 Å². The molecule has 1 aromatic rings. The Morgan fingerprint density at radius 3 is 2.69 bits per heavy atom. The van der Waals surface area contributed by atoms with Crippen LogP contribution in [-0.4, -0.2) is 30.3 Å². The molecule has 0 saturated carbocycles. The molecule has 0 bridgehead atoms. The third-order valence-electron chi connectivity index (χ3n) is 2.32. The van der Waals surface area contributed by atoms with Gasteiger partial charge in [0.25, 0.3) is 0 Å². The maximum absolute atomic E-state index is 12.0. The van der Waals surface area contributed by atoms with E-state index >= 15 is 0 Å². The van der Waals surface area contributed by atoms with Gasteiger partial charge in [-0.3, -0.25) is 4.79 Å². The third-order valence-corrected chi connectivity index (χ3v) is 3.27. The van der Waals surface area contributed by atoms with Crippen molar-refractivity contribution in [2.24, 2.45) is 0 Å². The number of halogens is 1. The first-order chi connectivity index (χ1) is 7.07. The van der Waals surface area contributed by atoms with Gasteiger partial charge in [-0.1, -0.05) is 37.1 Å².